The molecule has 1 aromatic carbocycles. The fourth-order valence-corrected chi connectivity index (χ4v) is 2.68. The van der Waals surface area contributed by atoms with Gasteiger partial charge in [-0.2, -0.15) is 0 Å². The molecule has 1 N–H and O–H groups in total. The average molecular weight is 281 g/mol. The van der Waals surface area contributed by atoms with Crippen molar-refractivity contribution in [3.63, 3.8) is 0 Å². The summed E-state index contributed by atoms with van der Waals surface area (Å²) in [5.41, 5.74) is 2.87. The molecule has 2 aromatic rings. The Balaban J connectivity index is 1.64. The number of carbonyl (C=O) groups excluding carboxylic acids is 1. The Kier molecular flexibility index (Phi) is 3.95. The molecule has 0 fully saturated rings. The van der Waals surface area contributed by atoms with Gasteiger partial charge in [0.1, 0.15) is 0 Å². The summed E-state index contributed by atoms with van der Waals surface area (Å²) in [7, 11) is 0. The number of hydrogen-bond donors (Lipinski definition) is 1. The van der Waals surface area contributed by atoms with Crippen molar-refractivity contribution < 1.29 is 4.79 Å². The Morgan fingerprint density at radius 2 is 2.05 bits per heavy atom. The third-order valence-electron chi connectivity index (χ3n) is 3.78. The third-order valence-corrected chi connectivity index (χ3v) is 3.78. The van der Waals surface area contributed by atoms with Crippen LogP contribution in [0.2, 0.25) is 0 Å². The van der Waals surface area contributed by atoms with Crippen LogP contribution in [0.1, 0.15) is 35.0 Å². The molecule has 1 aliphatic carbocycles. The number of aromatic nitrogens is 2. The third kappa shape index (κ3) is 3.27. The van der Waals surface area contributed by atoms with Crippen molar-refractivity contribution in [2.75, 3.05) is 11.9 Å². The summed E-state index contributed by atoms with van der Waals surface area (Å²) in [6.45, 7) is 2.87. The topological polar surface area (TPSA) is 54.9 Å². The number of fused-ring (bicyclic) bond motifs is 1. The molecule has 1 atom stereocenters. The van der Waals surface area contributed by atoms with Crippen molar-refractivity contribution in [1.82, 2.24) is 9.97 Å². The van der Waals surface area contributed by atoms with Gasteiger partial charge in [-0.3, -0.25) is 4.79 Å². The van der Waals surface area contributed by atoms with Crippen LogP contribution in [0, 0.1) is 5.92 Å². The molecule has 0 aliphatic heterocycles. The van der Waals surface area contributed by atoms with E-state index in [0.717, 1.165) is 25.1 Å². The summed E-state index contributed by atoms with van der Waals surface area (Å²) in [4.78, 5) is 20.7. The van der Waals surface area contributed by atoms with Crippen LogP contribution in [0.15, 0.2) is 36.5 Å². The predicted octanol–water partition coefficient (Wildman–Crippen LogP) is 2.90. The number of rotatable bonds is 4. The molecule has 0 spiro atoms. The van der Waals surface area contributed by atoms with Crippen molar-refractivity contribution in [2.45, 2.75) is 26.2 Å². The number of benzene rings is 1. The van der Waals surface area contributed by atoms with Crippen molar-refractivity contribution in [3.05, 3.63) is 53.3 Å². The molecule has 21 heavy (non-hydrogen) atoms. The lowest BCUT2D eigenvalue weighted by molar-refractivity contribution is 0.0951. The average Bonchev–Trinajstić information content (AvgIpc) is 2.48. The maximum absolute atomic E-state index is 11.9. The highest BCUT2D eigenvalue weighted by molar-refractivity contribution is 5.98. The Morgan fingerprint density at radius 1 is 1.24 bits per heavy atom. The van der Waals surface area contributed by atoms with Gasteiger partial charge in [-0.1, -0.05) is 37.3 Å². The largest absolute Gasteiger partial charge is 0.354 e. The molecule has 1 aliphatic rings. The molecule has 0 radical (unpaired) electrons. The van der Waals surface area contributed by atoms with E-state index < -0.39 is 0 Å². The van der Waals surface area contributed by atoms with Crippen LogP contribution < -0.4 is 5.32 Å². The van der Waals surface area contributed by atoms with Gasteiger partial charge in [-0.25, -0.2) is 9.97 Å². The molecule has 0 saturated heterocycles. The minimum Gasteiger partial charge on any atom is -0.354 e. The van der Waals surface area contributed by atoms with E-state index in [1.807, 2.05) is 18.2 Å². The Hall–Kier alpha value is -2.23. The summed E-state index contributed by atoms with van der Waals surface area (Å²) in [6.07, 6.45) is 4.06. The summed E-state index contributed by atoms with van der Waals surface area (Å²) < 4.78 is 0. The normalized spacial score (nSPS) is 17.4. The molecule has 0 unspecified atom stereocenters. The molecule has 3 rings (SSSR count). The SMILES string of the molecule is C[C@H]1CC(=O)c2cnc(NCCc3ccccc3)nc2C1. The summed E-state index contributed by atoms with van der Waals surface area (Å²) in [6, 6.07) is 10.3. The van der Waals surface area contributed by atoms with Crippen LogP contribution in [-0.4, -0.2) is 22.3 Å². The minimum atomic E-state index is 0.166. The van der Waals surface area contributed by atoms with Crippen LogP contribution in [0.4, 0.5) is 5.95 Å². The second kappa shape index (κ2) is 6.04. The number of hydrogen-bond acceptors (Lipinski definition) is 4. The number of carbonyl (C=O) groups is 1. The Morgan fingerprint density at radius 3 is 2.86 bits per heavy atom. The quantitative estimate of drug-likeness (QED) is 0.936. The maximum Gasteiger partial charge on any atom is 0.222 e. The Labute approximate surface area is 124 Å². The van der Waals surface area contributed by atoms with Gasteiger partial charge < -0.3 is 5.32 Å². The fourth-order valence-electron chi connectivity index (χ4n) is 2.68. The molecular formula is C17H19N3O. The van der Waals surface area contributed by atoms with E-state index in [2.05, 4.69) is 34.3 Å². The van der Waals surface area contributed by atoms with E-state index in [0.29, 0.717) is 23.9 Å². The molecule has 1 aromatic heterocycles. The standard InChI is InChI=1S/C17H19N3O/c1-12-9-15-14(16(21)10-12)11-19-17(20-15)18-8-7-13-5-3-2-4-6-13/h2-6,11-12H,7-10H2,1H3,(H,18,19,20)/t12-/m1/s1. The van der Waals surface area contributed by atoms with Gasteiger partial charge in [0.25, 0.3) is 0 Å². The van der Waals surface area contributed by atoms with Gasteiger partial charge in [0.2, 0.25) is 5.95 Å². The number of ketones is 1. The fraction of sp³-hybridized carbons (Fsp3) is 0.353. The number of Topliss-reactive ketones (excluding diaryl/α,β-unsaturated/α-hetero) is 1. The van der Waals surface area contributed by atoms with E-state index in [1.54, 1.807) is 6.20 Å². The van der Waals surface area contributed by atoms with Crippen molar-refractivity contribution in [1.29, 1.82) is 0 Å². The number of anilines is 1. The second-order valence-electron chi connectivity index (χ2n) is 5.65. The molecule has 108 valence electrons. The highest BCUT2D eigenvalue weighted by atomic mass is 16.1. The highest BCUT2D eigenvalue weighted by Crippen LogP contribution is 2.23. The van der Waals surface area contributed by atoms with Crippen LogP contribution >= 0.6 is 0 Å². The van der Waals surface area contributed by atoms with Crippen molar-refractivity contribution in [3.8, 4) is 0 Å². The first kappa shape index (κ1) is 13.7. The summed E-state index contributed by atoms with van der Waals surface area (Å²) in [5.74, 6) is 1.16. The lowest BCUT2D eigenvalue weighted by atomic mass is 9.88. The first-order chi connectivity index (χ1) is 10.2. The smallest absolute Gasteiger partial charge is 0.222 e. The van der Waals surface area contributed by atoms with Crippen LogP contribution in [0.3, 0.4) is 0 Å². The summed E-state index contributed by atoms with van der Waals surface area (Å²) >= 11 is 0. The van der Waals surface area contributed by atoms with E-state index in [9.17, 15) is 4.79 Å². The van der Waals surface area contributed by atoms with Crippen molar-refractivity contribution >= 4 is 11.7 Å². The highest BCUT2D eigenvalue weighted by Gasteiger charge is 2.24. The molecular weight excluding hydrogens is 262 g/mol. The first-order valence-corrected chi connectivity index (χ1v) is 7.39. The van der Waals surface area contributed by atoms with Crippen LogP contribution in [0.5, 0.6) is 0 Å². The van der Waals surface area contributed by atoms with E-state index in [-0.39, 0.29) is 5.78 Å². The molecule has 1 heterocycles. The van der Waals surface area contributed by atoms with Gasteiger partial charge in [-0.05, 0) is 24.3 Å². The number of nitrogens with one attached hydrogen (secondary N) is 1. The molecule has 4 heteroatoms. The lowest BCUT2D eigenvalue weighted by Gasteiger charge is -2.19. The summed E-state index contributed by atoms with van der Waals surface area (Å²) in [5, 5.41) is 3.24. The lowest BCUT2D eigenvalue weighted by Crippen LogP contribution is -2.21. The Bertz CT molecular complexity index is 640. The van der Waals surface area contributed by atoms with Gasteiger partial charge >= 0.3 is 0 Å². The van der Waals surface area contributed by atoms with Crippen LogP contribution in [0.25, 0.3) is 0 Å². The molecule has 0 saturated carbocycles. The van der Waals surface area contributed by atoms with Gasteiger partial charge in [0, 0.05) is 19.2 Å². The minimum absolute atomic E-state index is 0.166. The first-order valence-electron chi connectivity index (χ1n) is 7.39. The zero-order valence-corrected chi connectivity index (χ0v) is 12.2. The monoisotopic (exact) mass is 281 g/mol. The molecule has 0 bridgehead atoms. The van der Waals surface area contributed by atoms with E-state index in [1.165, 1.54) is 5.56 Å². The zero-order valence-electron chi connectivity index (χ0n) is 12.2. The second-order valence-corrected chi connectivity index (χ2v) is 5.65. The van der Waals surface area contributed by atoms with E-state index >= 15 is 0 Å². The number of nitrogens with zero attached hydrogens (tertiary/aromatic N) is 2. The van der Waals surface area contributed by atoms with Gasteiger partial charge in [0.05, 0.1) is 11.3 Å². The van der Waals surface area contributed by atoms with Crippen molar-refractivity contribution in [2.24, 2.45) is 5.92 Å². The van der Waals surface area contributed by atoms with E-state index in [4.69, 9.17) is 0 Å². The zero-order chi connectivity index (χ0) is 14.7. The maximum atomic E-state index is 11.9. The predicted molar refractivity (Wildman–Crippen MR) is 82.5 cm³/mol. The van der Waals surface area contributed by atoms with Gasteiger partial charge in [0.15, 0.2) is 5.78 Å². The van der Waals surface area contributed by atoms with Crippen LogP contribution in [-0.2, 0) is 12.8 Å². The van der Waals surface area contributed by atoms with Gasteiger partial charge in [-0.15, -0.1) is 0 Å². The molecule has 0 amide bonds. The molecule has 4 nitrogen and oxygen atoms in total.